The highest BCUT2D eigenvalue weighted by Crippen LogP contribution is 2.44. The number of carbonyl (C=O) groups is 1. The maximum absolute atomic E-state index is 13.7. The summed E-state index contributed by atoms with van der Waals surface area (Å²) in [6, 6.07) is 23.0. The third kappa shape index (κ3) is 5.14. The molecule has 34 heavy (non-hydrogen) atoms. The van der Waals surface area contributed by atoms with Crippen LogP contribution in [0.15, 0.2) is 88.7 Å². The Morgan fingerprint density at radius 1 is 1.00 bits per heavy atom. The SMILES string of the molecule is COc1ccc(S[C@@H]2C[C@@H](c3ccc(C)cc3)N(S(=O)(=O)c3ccccc3)C[C@H]2C(=O)O)cc1. The van der Waals surface area contributed by atoms with Gasteiger partial charge in [0.2, 0.25) is 10.0 Å². The highest BCUT2D eigenvalue weighted by atomic mass is 32.2. The van der Waals surface area contributed by atoms with Gasteiger partial charge in [0.05, 0.1) is 24.0 Å². The lowest BCUT2D eigenvalue weighted by Crippen LogP contribution is -2.49. The molecule has 3 aromatic rings. The number of aryl methyl sites for hydroxylation is 1. The molecular weight excluding hydrogens is 470 g/mol. The summed E-state index contributed by atoms with van der Waals surface area (Å²) in [4.78, 5) is 13.4. The Morgan fingerprint density at radius 2 is 1.65 bits per heavy atom. The Labute approximate surface area is 204 Å². The molecule has 178 valence electrons. The molecule has 0 saturated carbocycles. The van der Waals surface area contributed by atoms with Crippen LogP contribution in [-0.4, -0.2) is 42.7 Å². The fourth-order valence-electron chi connectivity index (χ4n) is 4.22. The highest BCUT2D eigenvalue weighted by Gasteiger charge is 2.45. The van der Waals surface area contributed by atoms with Gasteiger partial charge in [-0.25, -0.2) is 8.42 Å². The van der Waals surface area contributed by atoms with E-state index in [1.165, 1.54) is 16.1 Å². The van der Waals surface area contributed by atoms with Gasteiger partial charge in [0.1, 0.15) is 5.75 Å². The van der Waals surface area contributed by atoms with Crippen LogP contribution in [-0.2, 0) is 14.8 Å². The van der Waals surface area contributed by atoms with Crippen molar-refractivity contribution in [1.29, 1.82) is 0 Å². The zero-order valence-electron chi connectivity index (χ0n) is 19.0. The summed E-state index contributed by atoms with van der Waals surface area (Å²) in [5.41, 5.74) is 1.93. The van der Waals surface area contributed by atoms with E-state index in [9.17, 15) is 18.3 Å². The zero-order chi connectivity index (χ0) is 24.3. The fourth-order valence-corrected chi connectivity index (χ4v) is 7.18. The van der Waals surface area contributed by atoms with Crippen LogP contribution in [0.25, 0.3) is 0 Å². The van der Waals surface area contributed by atoms with Gasteiger partial charge in [-0.2, -0.15) is 4.31 Å². The lowest BCUT2D eigenvalue weighted by atomic mass is 9.90. The third-order valence-electron chi connectivity index (χ3n) is 6.10. The van der Waals surface area contributed by atoms with Crippen LogP contribution in [0.4, 0.5) is 0 Å². The number of piperidine rings is 1. The predicted molar refractivity (Wildman–Crippen MR) is 133 cm³/mol. The van der Waals surface area contributed by atoms with E-state index in [0.29, 0.717) is 6.42 Å². The topological polar surface area (TPSA) is 83.9 Å². The summed E-state index contributed by atoms with van der Waals surface area (Å²) >= 11 is 1.47. The minimum absolute atomic E-state index is 0.0983. The molecule has 1 aliphatic heterocycles. The van der Waals surface area contributed by atoms with Crippen LogP contribution in [0.1, 0.15) is 23.6 Å². The lowest BCUT2D eigenvalue weighted by Gasteiger charge is -2.41. The summed E-state index contributed by atoms with van der Waals surface area (Å²) < 4.78 is 33.9. The van der Waals surface area contributed by atoms with E-state index in [4.69, 9.17) is 4.74 Å². The Kier molecular flexibility index (Phi) is 7.30. The maximum Gasteiger partial charge on any atom is 0.308 e. The van der Waals surface area contributed by atoms with E-state index in [-0.39, 0.29) is 16.7 Å². The monoisotopic (exact) mass is 497 g/mol. The second-order valence-corrected chi connectivity index (χ2v) is 11.5. The number of methoxy groups -OCH3 is 1. The number of carboxylic acids is 1. The van der Waals surface area contributed by atoms with Gasteiger partial charge < -0.3 is 9.84 Å². The van der Waals surface area contributed by atoms with Crippen molar-refractivity contribution in [3.05, 3.63) is 90.0 Å². The molecule has 1 aliphatic rings. The number of ether oxygens (including phenoxy) is 1. The lowest BCUT2D eigenvalue weighted by molar-refractivity contribution is -0.143. The number of hydrogen-bond donors (Lipinski definition) is 1. The van der Waals surface area contributed by atoms with Crippen molar-refractivity contribution in [3.63, 3.8) is 0 Å². The molecule has 1 saturated heterocycles. The van der Waals surface area contributed by atoms with Gasteiger partial charge in [-0.15, -0.1) is 11.8 Å². The number of sulfonamides is 1. The molecule has 3 aromatic carbocycles. The molecule has 1 fully saturated rings. The first-order valence-corrected chi connectivity index (χ1v) is 13.3. The average Bonchev–Trinajstić information content (AvgIpc) is 2.85. The molecule has 0 bridgehead atoms. The molecule has 0 spiro atoms. The first-order valence-electron chi connectivity index (χ1n) is 11.0. The fraction of sp³-hybridized carbons (Fsp3) is 0.269. The first-order chi connectivity index (χ1) is 16.3. The minimum Gasteiger partial charge on any atom is -0.497 e. The molecule has 1 N–H and O–H groups in total. The van der Waals surface area contributed by atoms with Gasteiger partial charge in [-0.05, 0) is 55.3 Å². The van der Waals surface area contributed by atoms with Gasteiger partial charge in [0.15, 0.2) is 0 Å². The first kappa shape index (κ1) is 24.3. The van der Waals surface area contributed by atoms with Gasteiger partial charge in [-0.1, -0.05) is 48.0 Å². The van der Waals surface area contributed by atoms with Gasteiger partial charge in [-0.3, -0.25) is 4.79 Å². The van der Waals surface area contributed by atoms with E-state index in [0.717, 1.165) is 21.8 Å². The van der Waals surface area contributed by atoms with Crippen molar-refractivity contribution in [2.45, 2.75) is 34.4 Å². The quantitative estimate of drug-likeness (QED) is 0.495. The van der Waals surface area contributed by atoms with Crippen molar-refractivity contribution in [2.75, 3.05) is 13.7 Å². The number of nitrogens with zero attached hydrogens (tertiary/aromatic N) is 1. The molecule has 8 heteroatoms. The number of aliphatic carboxylic acids is 1. The standard InChI is InChI=1S/C26H27NO5S2/c1-18-8-10-19(11-9-18)24-16-25(33-21-14-12-20(32-2)13-15-21)23(26(28)29)17-27(24)34(30,31)22-6-4-3-5-7-22/h3-15,23-25H,16-17H2,1-2H3,(H,28,29)/t23-,24+,25-/m1/s1. The molecule has 0 unspecified atom stereocenters. The Hall–Kier alpha value is -2.81. The molecule has 0 amide bonds. The van der Waals surface area contributed by atoms with Gasteiger partial charge in [0.25, 0.3) is 0 Å². The number of hydrogen-bond acceptors (Lipinski definition) is 5. The molecule has 4 rings (SSSR count). The third-order valence-corrected chi connectivity index (χ3v) is 9.36. The van der Waals surface area contributed by atoms with Crippen LogP contribution >= 0.6 is 11.8 Å². The van der Waals surface area contributed by atoms with E-state index < -0.39 is 28.0 Å². The van der Waals surface area contributed by atoms with Crippen molar-refractivity contribution in [1.82, 2.24) is 4.31 Å². The Balaban J connectivity index is 1.73. The molecule has 6 nitrogen and oxygen atoms in total. The van der Waals surface area contributed by atoms with Crippen molar-refractivity contribution < 1.29 is 23.1 Å². The Morgan fingerprint density at radius 3 is 2.24 bits per heavy atom. The minimum atomic E-state index is -3.90. The summed E-state index contributed by atoms with van der Waals surface area (Å²) in [5, 5.41) is 9.76. The number of carboxylic acid groups (broad SMARTS) is 1. The average molecular weight is 498 g/mol. The van der Waals surface area contributed by atoms with Crippen molar-refractivity contribution >= 4 is 27.8 Å². The Bertz CT molecular complexity index is 1230. The number of benzene rings is 3. The molecule has 0 aliphatic carbocycles. The van der Waals surface area contributed by atoms with Gasteiger partial charge in [0, 0.05) is 16.7 Å². The second kappa shape index (κ2) is 10.2. The normalized spacial score (nSPS) is 21.2. The second-order valence-electron chi connectivity index (χ2n) is 8.33. The zero-order valence-corrected chi connectivity index (χ0v) is 20.6. The van der Waals surface area contributed by atoms with Crippen LogP contribution in [0.2, 0.25) is 0 Å². The smallest absolute Gasteiger partial charge is 0.308 e. The van der Waals surface area contributed by atoms with Crippen LogP contribution in [0.3, 0.4) is 0 Å². The van der Waals surface area contributed by atoms with Crippen molar-refractivity contribution in [2.24, 2.45) is 5.92 Å². The predicted octanol–water partition coefficient (Wildman–Crippen LogP) is 5.00. The molecule has 0 aromatic heterocycles. The summed E-state index contributed by atoms with van der Waals surface area (Å²) in [7, 11) is -2.30. The van der Waals surface area contributed by atoms with Crippen LogP contribution < -0.4 is 4.74 Å². The largest absolute Gasteiger partial charge is 0.497 e. The summed E-state index contributed by atoms with van der Waals surface area (Å²) in [5.74, 6) is -1.13. The molecule has 0 radical (unpaired) electrons. The van der Waals surface area contributed by atoms with Gasteiger partial charge >= 0.3 is 5.97 Å². The van der Waals surface area contributed by atoms with Crippen LogP contribution in [0, 0.1) is 12.8 Å². The highest BCUT2D eigenvalue weighted by molar-refractivity contribution is 8.00. The van der Waals surface area contributed by atoms with E-state index in [1.54, 1.807) is 37.4 Å². The molecular formula is C26H27NO5S2. The van der Waals surface area contributed by atoms with Crippen LogP contribution in [0.5, 0.6) is 5.75 Å². The number of rotatable bonds is 7. The number of thioether (sulfide) groups is 1. The van der Waals surface area contributed by atoms with Crippen molar-refractivity contribution in [3.8, 4) is 5.75 Å². The van der Waals surface area contributed by atoms with E-state index in [1.807, 2.05) is 55.5 Å². The summed E-state index contributed by atoms with van der Waals surface area (Å²) in [6.07, 6.45) is 0.378. The molecule has 3 atom stereocenters. The van der Waals surface area contributed by atoms with E-state index >= 15 is 0 Å². The van der Waals surface area contributed by atoms with E-state index in [2.05, 4.69) is 0 Å². The maximum atomic E-state index is 13.7. The summed E-state index contributed by atoms with van der Waals surface area (Å²) in [6.45, 7) is 1.88. The molecule has 1 heterocycles.